The topological polar surface area (TPSA) is 266 Å². The summed E-state index contributed by atoms with van der Waals surface area (Å²) in [4.78, 5) is 48.3. The molecule has 0 amide bonds. The first kappa shape index (κ1) is 99.1. The molecule has 49 heteroatoms. The quantitative estimate of drug-likeness (QED) is 0.0292. The van der Waals surface area contributed by atoms with E-state index in [1.807, 2.05) is 0 Å². The van der Waals surface area contributed by atoms with Crippen molar-refractivity contribution < 1.29 is 238 Å². The SMILES string of the molecule is Cn1nnn(-c2cccc(C(F)F)c2COc2cc[c-]cc2C(F)F)c1=O.Cn1nnn(-c2cccc(OC(F)(F)F)c2COc2cc[c-]cc2C(F)F)c1=O.Cn1nnn(-c2cccc(OC(F)F)c2COc2cc[c-]cc2C(F)F)c1=O.Cn1nnn(-c2cccc(SC(F)(F)F)c2COc2cc[c-]cc2C(F)F)c1=O.[Y].[Y].[Y].[Y]. The van der Waals surface area contributed by atoms with Crippen molar-refractivity contribution in [3.63, 3.8) is 0 Å². The average molecular weight is 1980 g/mol. The standard InChI is InChI=1S/C17H12F5N4O3.C17H12F5N4O2S.C17H13F4N4O3.C17H13F4N4O2.4Y/c2*1-25-16(27)26(24-23-25)12-6-4-8-14(29-17(20,21)22)11(12)9-28-13-7-3-2-5-10(13)15(18)19;1-24-17(26)25(23-22-24)12-6-4-8-14(28-16(20)21)11(12)9-27-13-7-3-2-5-10(13)15(18)19;1-24-17(26)25(23-22-24)13-7-4-6-10(15(18)19)12(13)9-27-14-8-3-2-5-11(14)16(20)21;;;;/h2*3-8,15H,9H2,1H3;3-8,15-16H,9H2,1H3;3-8,15-16H,9H2,1H3;;;;/q4*-1;;;;. The van der Waals surface area contributed by atoms with E-state index in [4.69, 9.17) is 18.9 Å². The molecule has 8 aromatic carbocycles. The van der Waals surface area contributed by atoms with Crippen LogP contribution in [0, 0.1) is 24.3 Å². The van der Waals surface area contributed by atoms with Gasteiger partial charge in [-0.3, -0.25) is 0 Å². The largest absolute Gasteiger partial charge is 0.573 e. The molecular weight excluding hydrogens is 1930 g/mol. The molecule has 0 atom stereocenters. The predicted octanol–water partition coefficient (Wildman–Crippen LogP) is 13.2. The fourth-order valence-corrected chi connectivity index (χ4v) is 10.6. The Morgan fingerprint density at radius 2 is 0.632 bits per heavy atom. The Labute approximate surface area is 751 Å². The summed E-state index contributed by atoms with van der Waals surface area (Å²) in [5.41, 5.74) is -9.82. The second-order valence-electron chi connectivity index (χ2n) is 22.3. The molecule has 117 heavy (non-hydrogen) atoms. The summed E-state index contributed by atoms with van der Waals surface area (Å²) in [5.74, 6) is -1.73. The number of thioether (sulfide) groups is 1. The van der Waals surface area contributed by atoms with Crippen molar-refractivity contribution in [1.82, 2.24) is 79.2 Å². The molecule has 0 fully saturated rings. The van der Waals surface area contributed by atoms with Gasteiger partial charge in [-0.15, -0.1) is 37.4 Å². The molecule has 26 nitrogen and oxygen atoms in total. The van der Waals surface area contributed by atoms with Gasteiger partial charge in [0, 0.05) is 204 Å². The molecule has 4 radical (unpaired) electrons. The minimum Gasteiger partial charge on any atom is -0.514 e. The number of rotatable bonds is 25. The second kappa shape index (κ2) is 45.1. The van der Waals surface area contributed by atoms with Crippen molar-refractivity contribution in [2.45, 2.75) is 81.9 Å². The van der Waals surface area contributed by atoms with Gasteiger partial charge in [-0.25, -0.2) is 63.1 Å². The van der Waals surface area contributed by atoms with Gasteiger partial charge in [-0.1, -0.05) is 30.3 Å². The van der Waals surface area contributed by atoms with Gasteiger partial charge in [0.25, 0.3) is 6.43 Å². The zero-order valence-electron chi connectivity index (χ0n) is 59.9. The number of benzene rings is 8. The summed E-state index contributed by atoms with van der Waals surface area (Å²) in [6, 6.07) is 39.8. The third-order valence-electron chi connectivity index (χ3n) is 15.1. The van der Waals surface area contributed by atoms with E-state index in [-0.39, 0.29) is 209 Å². The van der Waals surface area contributed by atoms with Crippen molar-refractivity contribution in [2.24, 2.45) is 28.2 Å². The van der Waals surface area contributed by atoms with Gasteiger partial charge in [0.05, 0.1) is 33.9 Å². The predicted molar refractivity (Wildman–Crippen MR) is 355 cm³/mol. The molecule has 610 valence electrons. The number of nitrogens with zero attached hydrogens (tertiary/aromatic N) is 16. The van der Waals surface area contributed by atoms with Gasteiger partial charge in [-0.05, 0) is 118 Å². The van der Waals surface area contributed by atoms with Crippen LogP contribution in [0.1, 0.15) is 82.2 Å². The average Bonchev–Trinajstić information content (AvgIpc) is 1.77. The zero-order chi connectivity index (χ0) is 82.2. The molecule has 0 spiro atoms. The summed E-state index contributed by atoms with van der Waals surface area (Å²) >= 11 is -0.410. The van der Waals surface area contributed by atoms with Crippen molar-refractivity contribution in [1.29, 1.82) is 0 Å². The number of aryl methyl sites for hydroxylation is 4. The van der Waals surface area contributed by atoms with Crippen LogP contribution >= 0.6 is 11.8 Å². The third-order valence-corrected chi connectivity index (χ3v) is 15.9. The maximum Gasteiger partial charge on any atom is 0.573 e. The van der Waals surface area contributed by atoms with E-state index in [1.54, 1.807) is 0 Å². The molecule has 4 aromatic heterocycles. The Hall–Kier alpha value is -8.45. The van der Waals surface area contributed by atoms with Gasteiger partial charge in [0.2, 0.25) is 25.7 Å². The number of halogens is 18. The van der Waals surface area contributed by atoms with Crippen LogP contribution in [0.2, 0.25) is 0 Å². The first-order valence-corrected chi connectivity index (χ1v) is 32.3. The van der Waals surface area contributed by atoms with Crippen molar-refractivity contribution in [3.8, 4) is 57.2 Å². The number of alkyl halides is 18. The first-order chi connectivity index (χ1) is 53.6. The molecule has 4 heterocycles. The Morgan fingerprint density at radius 3 is 0.932 bits per heavy atom. The van der Waals surface area contributed by atoms with Crippen LogP contribution in [0.25, 0.3) is 22.7 Å². The van der Waals surface area contributed by atoms with Crippen LogP contribution in [0.15, 0.2) is 170 Å². The molecule has 0 unspecified atom stereocenters. The van der Waals surface area contributed by atoms with Gasteiger partial charge in [0.15, 0.2) is 0 Å². The molecule has 0 N–H and O–H groups in total. The van der Waals surface area contributed by atoms with Crippen LogP contribution < -0.4 is 51.2 Å². The van der Waals surface area contributed by atoms with Crippen LogP contribution in [0.5, 0.6) is 34.5 Å². The van der Waals surface area contributed by atoms with Crippen LogP contribution in [-0.2, 0) is 185 Å². The monoisotopic (exact) mass is 1980 g/mol. The molecule has 0 aliphatic rings. The van der Waals surface area contributed by atoms with Crippen molar-refractivity contribution in [3.05, 3.63) is 262 Å². The molecule has 0 aliphatic carbocycles. The van der Waals surface area contributed by atoms with Gasteiger partial charge < -0.3 is 28.4 Å². The van der Waals surface area contributed by atoms with E-state index in [0.29, 0.717) is 0 Å². The normalized spacial score (nSPS) is 11.1. The number of ether oxygens (including phenoxy) is 6. The Morgan fingerprint density at radius 1 is 0.350 bits per heavy atom. The number of hydrogen-bond donors (Lipinski definition) is 0. The first-order valence-electron chi connectivity index (χ1n) is 31.5. The Balaban J connectivity index is 0.000000275. The summed E-state index contributed by atoms with van der Waals surface area (Å²) in [6.07, 6.45) is -19.3. The van der Waals surface area contributed by atoms with Gasteiger partial charge >= 0.3 is 41.2 Å². The van der Waals surface area contributed by atoms with E-state index in [9.17, 15) is 98.2 Å². The minimum atomic E-state index is -5.03. The summed E-state index contributed by atoms with van der Waals surface area (Å²) < 4.78 is 272. The number of aromatic nitrogens is 16. The Kier molecular flexibility index (Phi) is 38.2. The molecular formula is C68H50F18N16O10SY4-4. The van der Waals surface area contributed by atoms with Crippen LogP contribution in [0.3, 0.4) is 0 Å². The van der Waals surface area contributed by atoms with Crippen LogP contribution in [0.4, 0.5) is 79.0 Å². The van der Waals surface area contributed by atoms with E-state index in [0.717, 1.165) is 67.8 Å². The fourth-order valence-electron chi connectivity index (χ4n) is 9.87. The molecule has 0 saturated carbocycles. The molecule has 12 aromatic rings. The Bertz CT molecular complexity index is 5330. The molecule has 0 bridgehead atoms. The number of hydrogen-bond acceptors (Lipinski definition) is 19. The third kappa shape index (κ3) is 26.3. The van der Waals surface area contributed by atoms with Crippen LogP contribution in [-0.4, -0.2) is 97.6 Å². The van der Waals surface area contributed by atoms with E-state index in [1.165, 1.54) is 143 Å². The van der Waals surface area contributed by atoms with E-state index >= 15 is 0 Å². The molecule has 0 saturated heterocycles. The summed E-state index contributed by atoms with van der Waals surface area (Å²) in [5, 5.41) is 28.7. The zero-order valence-corrected chi connectivity index (χ0v) is 72.1. The number of tetrazole rings is 4. The van der Waals surface area contributed by atoms with E-state index in [2.05, 4.69) is 75.4 Å². The van der Waals surface area contributed by atoms with Gasteiger partial charge in [-0.2, -0.15) is 132 Å². The molecule has 12 rings (SSSR count). The van der Waals surface area contributed by atoms with E-state index < -0.39 is 145 Å². The van der Waals surface area contributed by atoms with Gasteiger partial charge in [0.1, 0.15) is 37.9 Å². The maximum atomic E-state index is 13.5. The summed E-state index contributed by atoms with van der Waals surface area (Å²) in [6.45, 7) is -5.18. The van der Waals surface area contributed by atoms with Crippen molar-refractivity contribution in [2.75, 3.05) is 0 Å². The maximum absolute atomic E-state index is 13.5. The summed E-state index contributed by atoms with van der Waals surface area (Å²) in [7, 11) is 5.34. The fraction of sp³-hybridized carbons (Fsp3) is 0.235. The molecule has 0 aliphatic heterocycles. The van der Waals surface area contributed by atoms with Crippen molar-refractivity contribution >= 4 is 11.8 Å². The smallest absolute Gasteiger partial charge is 0.514 e. The minimum absolute atomic E-state index is 0. The second-order valence-corrected chi connectivity index (χ2v) is 23.4.